The number of aromatic nitrogens is 1. The summed E-state index contributed by atoms with van der Waals surface area (Å²) in [5.41, 5.74) is 0.468. The van der Waals surface area contributed by atoms with Crippen molar-refractivity contribution in [2.24, 2.45) is 0 Å². The number of carbonyl (C=O) groups excluding carboxylic acids is 2. The molecule has 0 radical (unpaired) electrons. The lowest BCUT2D eigenvalue weighted by Crippen LogP contribution is -2.14. The molecule has 8 heteroatoms. The van der Waals surface area contributed by atoms with Crippen molar-refractivity contribution in [3.8, 4) is 16.9 Å². The van der Waals surface area contributed by atoms with Crippen molar-refractivity contribution < 1.29 is 27.5 Å². The molecule has 0 spiro atoms. The summed E-state index contributed by atoms with van der Waals surface area (Å²) in [7, 11) is 0. The van der Waals surface area contributed by atoms with E-state index in [0.717, 1.165) is 12.1 Å². The monoisotopic (exact) mass is 400 g/mol. The van der Waals surface area contributed by atoms with Gasteiger partial charge in [0.2, 0.25) is 0 Å². The molecule has 0 aliphatic rings. The number of nitrogens with one attached hydrogen (secondary N) is 1. The molecule has 2 aromatic carbocycles. The average molecular weight is 400 g/mol. The van der Waals surface area contributed by atoms with Crippen LogP contribution in [0.3, 0.4) is 0 Å². The molecule has 0 saturated carbocycles. The van der Waals surface area contributed by atoms with Gasteiger partial charge in [0.1, 0.15) is 11.6 Å². The Morgan fingerprint density at radius 2 is 1.66 bits per heavy atom. The lowest BCUT2D eigenvalue weighted by Gasteiger charge is -2.12. The quantitative estimate of drug-likeness (QED) is 0.630. The number of halogens is 3. The molecule has 0 unspecified atom stereocenters. The smallest absolute Gasteiger partial charge is 0.416 e. The average Bonchev–Trinajstić information content (AvgIpc) is 2.68. The summed E-state index contributed by atoms with van der Waals surface area (Å²) in [5.74, 6) is -0.504. The summed E-state index contributed by atoms with van der Waals surface area (Å²) in [6.45, 7) is 1.26. The van der Waals surface area contributed by atoms with E-state index in [1.54, 1.807) is 24.3 Å². The molecule has 3 rings (SSSR count). The minimum atomic E-state index is -4.43. The maximum absolute atomic E-state index is 12.8. The van der Waals surface area contributed by atoms with Gasteiger partial charge in [-0.1, -0.05) is 30.3 Å². The van der Waals surface area contributed by atoms with Crippen LogP contribution in [0, 0.1) is 0 Å². The van der Waals surface area contributed by atoms with Gasteiger partial charge in [0.05, 0.1) is 11.8 Å². The highest BCUT2D eigenvalue weighted by molar-refractivity contribution is 6.08. The van der Waals surface area contributed by atoms with Gasteiger partial charge in [-0.05, 0) is 41.5 Å². The molecule has 0 fully saturated rings. The van der Waals surface area contributed by atoms with Crippen LogP contribution >= 0.6 is 0 Å². The SMILES string of the molecule is CC(=O)Oc1ccc(NC(=O)c2ccccc2-c2ccc(C(F)(F)F)cc2)nc1. The van der Waals surface area contributed by atoms with Crippen molar-refractivity contribution in [1.29, 1.82) is 0 Å². The second-order valence-corrected chi connectivity index (χ2v) is 6.05. The third-order valence-corrected chi connectivity index (χ3v) is 3.93. The third-order valence-electron chi connectivity index (χ3n) is 3.93. The molecule has 1 N–H and O–H groups in total. The Balaban J connectivity index is 1.83. The number of benzene rings is 2. The fourth-order valence-corrected chi connectivity index (χ4v) is 2.64. The fourth-order valence-electron chi connectivity index (χ4n) is 2.64. The van der Waals surface area contributed by atoms with E-state index < -0.39 is 23.6 Å². The van der Waals surface area contributed by atoms with Gasteiger partial charge in [0.15, 0.2) is 0 Å². The zero-order valence-corrected chi connectivity index (χ0v) is 15.2. The van der Waals surface area contributed by atoms with E-state index in [0.29, 0.717) is 11.1 Å². The summed E-state index contributed by atoms with van der Waals surface area (Å²) in [6.07, 6.45) is -3.14. The van der Waals surface area contributed by atoms with E-state index in [-0.39, 0.29) is 17.1 Å². The lowest BCUT2D eigenvalue weighted by molar-refractivity contribution is -0.137. The van der Waals surface area contributed by atoms with Crippen molar-refractivity contribution in [2.75, 3.05) is 5.32 Å². The van der Waals surface area contributed by atoms with Crippen molar-refractivity contribution in [1.82, 2.24) is 4.98 Å². The van der Waals surface area contributed by atoms with Crippen LogP contribution in [0.15, 0.2) is 66.9 Å². The minimum Gasteiger partial charge on any atom is -0.425 e. The van der Waals surface area contributed by atoms with E-state index in [2.05, 4.69) is 10.3 Å². The van der Waals surface area contributed by atoms with E-state index in [1.165, 1.54) is 37.4 Å². The largest absolute Gasteiger partial charge is 0.425 e. The molecular formula is C21H15F3N2O3. The summed E-state index contributed by atoms with van der Waals surface area (Å²) >= 11 is 0. The van der Waals surface area contributed by atoms with Gasteiger partial charge >= 0.3 is 12.1 Å². The first-order chi connectivity index (χ1) is 13.7. The molecule has 0 atom stereocenters. The van der Waals surface area contributed by atoms with Gasteiger partial charge in [-0.2, -0.15) is 13.2 Å². The standard InChI is InChI=1S/C21H15F3N2O3/c1-13(27)29-16-10-11-19(25-12-16)26-20(28)18-5-3-2-4-17(18)14-6-8-15(9-7-14)21(22,23)24/h2-12H,1H3,(H,25,26,28). The van der Waals surface area contributed by atoms with Crippen LogP contribution in [-0.2, 0) is 11.0 Å². The Kier molecular flexibility index (Phi) is 5.63. The first-order valence-corrected chi connectivity index (χ1v) is 8.46. The number of carbonyl (C=O) groups is 2. The van der Waals surface area contributed by atoms with Crippen LogP contribution in [-0.4, -0.2) is 16.9 Å². The van der Waals surface area contributed by atoms with E-state index in [1.807, 2.05) is 0 Å². The first-order valence-electron chi connectivity index (χ1n) is 8.46. The maximum Gasteiger partial charge on any atom is 0.416 e. The van der Waals surface area contributed by atoms with E-state index in [4.69, 9.17) is 4.74 Å². The van der Waals surface area contributed by atoms with Crippen LogP contribution in [0.1, 0.15) is 22.8 Å². The number of alkyl halides is 3. The molecule has 1 heterocycles. The highest BCUT2D eigenvalue weighted by atomic mass is 19.4. The van der Waals surface area contributed by atoms with Crippen LogP contribution in [0.2, 0.25) is 0 Å². The number of hydrogen-bond donors (Lipinski definition) is 1. The number of nitrogens with zero attached hydrogens (tertiary/aromatic N) is 1. The number of pyridine rings is 1. The van der Waals surface area contributed by atoms with Crippen molar-refractivity contribution in [3.05, 3.63) is 78.0 Å². The Morgan fingerprint density at radius 3 is 2.24 bits per heavy atom. The summed E-state index contributed by atoms with van der Waals surface area (Å²) in [5, 5.41) is 2.61. The molecule has 0 saturated heterocycles. The minimum absolute atomic E-state index is 0.230. The number of esters is 1. The molecule has 1 aromatic heterocycles. The topological polar surface area (TPSA) is 68.3 Å². The number of anilines is 1. The number of rotatable bonds is 4. The van der Waals surface area contributed by atoms with Gasteiger partial charge in [0.25, 0.3) is 5.91 Å². The molecular weight excluding hydrogens is 385 g/mol. The number of amides is 1. The Hall–Kier alpha value is -3.68. The molecule has 148 valence electrons. The highest BCUT2D eigenvalue weighted by Crippen LogP contribution is 2.32. The van der Waals surface area contributed by atoms with E-state index >= 15 is 0 Å². The van der Waals surface area contributed by atoms with Gasteiger partial charge < -0.3 is 10.1 Å². The summed E-state index contributed by atoms with van der Waals surface area (Å²) in [4.78, 5) is 27.6. The second kappa shape index (κ2) is 8.14. The molecule has 3 aromatic rings. The summed E-state index contributed by atoms with van der Waals surface area (Å²) < 4.78 is 43.2. The third kappa shape index (κ3) is 4.98. The Morgan fingerprint density at radius 1 is 0.966 bits per heavy atom. The zero-order valence-electron chi connectivity index (χ0n) is 15.2. The van der Waals surface area contributed by atoms with Gasteiger partial charge in [0, 0.05) is 12.5 Å². The van der Waals surface area contributed by atoms with Crippen LogP contribution in [0.25, 0.3) is 11.1 Å². The van der Waals surface area contributed by atoms with Crippen molar-refractivity contribution in [2.45, 2.75) is 13.1 Å². The van der Waals surface area contributed by atoms with E-state index in [9.17, 15) is 22.8 Å². The first kappa shape index (κ1) is 20.1. The highest BCUT2D eigenvalue weighted by Gasteiger charge is 2.30. The Bertz CT molecular complexity index is 1030. The second-order valence-electron chi connectivity index (χ2n) is 6.05. The maximum atomic E-state index is 12.8. The molecule has 1 amide bonds. The predicted octanol–water partition coefficient (Wildman–Crippen LogP) is 4.95. The lowest BCUT2D eigenvalue weighted by atomic mass is 9.98. The normalized spacial score (nSPS) is 11.0. The number of hydrogen-bond acceptors (Lipinski definition) is 4. The predicted molar refractivity (Wildman–Crippen MR) is 100 cm³/mol. The fraction of sp³-hybridized carbons (Fsp3) is 0.0952. The van der Waals surface area contributed by atoms with Gasteiger partial charge in [-0.3, -0.25) is 9.59 Å². The van der Waals surface area contributed by atoms with Crippen LogP contribution in [0.4, 0.5) is 19.0 Å². The van der Waals surface area contributed by atoms with Crippen molar-refractivity contribution in [3.63, 3.8) is 0 Å². The van der Waals surface area contributed by atoms with Crippen LogP contribution in [0.5, 0.6) is 5.75 Å². The molecule has 29 heavy (non-hydrogen) atoms. The number of ether oxygens (including phenoxy) is 1. The van der Waals surface area contributed by atoms with Crippen molar-refractivity contribution >= 4 is 17.7 Å². The molecule has 0 aliphatic heterocycles. The molecule has 0 aliphatic carbocycles. The molecule has 0 bridgehead atoms. The molecule has 5 nitrogen and oxygen atoms in total. The van der Waals surface area contributed by atoms with Gasteiger partial charge in [-0.25, -0.2) is 4.98 Å². The van der Waals surface area contributed by atoms with Gasteiger partial charge in [-0.15, -0.1) is 0 Å². The van der Waals surface area contributed by atoms with Crippen LogP contribution < -0.4 is 10.1 Å². The summed E-state index contributed by atoms with van der Waals surface area (Å²) in [6, 6.07) is 14.1. The Labute approximate surface area is 164 Å². The zero-order chi connectivity index (χ0) is 21.0.